The maximum atomic E-state index is 11.6. The molecular weight excluding hydrogens is 376 g/mol. The summed E-state index contributed by atoms with van der Waals surface area (Å²) in [5, 5.41) is 10.3. The molecule has 0 aromatic carbocycles. The van der Waals surface area contributed by atoms with Crippen LogP contribution < -0.4 is 10.9 Å². The lowest BCUT2D eigenvalue weighted by atomic mass is 10.3. The van der Waals surface area contributed by atoms with Crippen LogP contribution in [0.25, 0.3) is 11.4 Å². The number of aromatic amines is 2. The van der Waals surface area contributed by atoms with Crippen LogP contribution in [0.1, 0.15) is 4.88 Å². The van der Waals surface area contributed by atoms with Crippen LogP contribution in [0.2, 0.25) is 4.34 Å². The molecule has 0 bridgehead atoms. The van der Waals surface area contributed by atoms with Crippen LogP contribution in [-0.4, -0.2) is 15.2 Å². The zero-order valence-corrected chi connectivity index (χ0v) is 13.8. The quantitative estimate of drug-likeness (QED) is 0.638. The van der Waals surface area contributed by atoms with Gasteiger partial charge in [-0.25, -0.2) is 0 Å². The number of H-pyrrole nitrogens is 2. The zero-order valence-electron chi connectivity index (χ0n) is 10.6. The van der Waals surface area contributed by atoms with Gasteiger partial charge in [0.05, 0.1) is 26.7 Å². The molecule has 108 valence electrons. The first kappa shape index (κ1) is 14.4. The average molecular weight is 386 g/mol. The lowest BCUT2D eigenvalue weighted by Crippen LogP contribution is -2.06. The monoisotopic (exact) mass is 384 g/mol. The fourth-order valence-electron chi connectivity index (χ4n) is 1.79. The van der Waals surface area contributed by atoms with Gasteiger partial charge in [-0.3, -0.25) is 9.89 Å². The summed E-state index contributed by atoms with van der Waals surface area (Å²) in [6.07, 6.45) is 0. The van der Waals surface area contributed by atoms with Gasteiger partial charge in [0, 0.05) is 10.9 Å². The van der Waals surface area contributed by atoms with Gasteiger partial charge in [-0.15, -0.1) is 11.3 Å². The SMILES string of the molecule is O=c1[nH]c(-c2cc(NCc3ccc(Cl)s3)n[nH]2)ccc1Br. The van der Waals surface area contributed by atoms with Crippen LogP contribution in [0.15, 0.2) is 39.6 Å². The number of anilines is 1. The predicted octanol–water partition coefficient (Wildman–Crippen LogP) is 3.85. The van der Waals surface area contributed by atoms with Crippen molar-refractivity contribution in [2.24, 2.45) is 0 Å². The molecule has 21 heavy (non-hydrogen) atoms. The number of hydrogen-bond acceptors (Lipinski definition) is 4. The largest absolute Gasteiger partial charge is 0.364 e. The van der Waals surface area contributed by atoms with Crippen LogP contribution in [0.4, 0.5) is 5.82 Å². The summed E-state index contributed by atoms with van der Waals surface area (Å²) in [6.45, 7) is 0.651. The standard InChI is InChI=1S/C13H10BrClN4OS/c14-8-2-3-9(17-13(8)20)10-5-12(19-18-10)16-6-7-1-4-11(15)21-7/h1-5H,6H2,(H,17,20)(H2,16,18,19). The van der Waals surface area contributed by atoms with Crippen LogP contribution >= 0.6 is 38.9 Å². The van der Waals surface area contributed by atoms with E-state index >= 15 is 0 Å². The normalized spacial score (nSPS) is 10.8. The Hall–Kier alpha value is -1.57. The van der Waals surface area contributed by atoms with Crippen LogP contribution in [0.5, 0.6) is 0 Å². The Morgan fingerprint density at radius 3 is 2.86 bits per heavy atom. The molecule has 0 aliphatic rings. The first-order valence-electron chi connectivity index (χ1n) is 6.04. The summed E-state index contributed by atoms with van der Waals surface area (Å²) in [4.78, 5) is 15.5. The second-order valence-electron chi connectivity index (χ2n) is 4.28. The molecule has 5 nitrogen and oxygen atoms in total. The van der Waals surface area contributed by atoms with Gasteiger partial charge in [0.1, 0.15) is 5.82 Å². The minimum Gasteiger partial charge on any atom is -0.364 e. The van der Waals surface area contributed by atoms with Crippen molar-refractivity contribution in [1.82, 2.24) is 15.2 Å². The molecule has 3 N–H and O–H groups in total. The number of thiophene rings is 1. The van der Waals surface area contributed by atoms with E-state index in [0.717, 1.165) is 14.9 Å². The molecule has 0 aliphatic carbocycles. The summed E-state index contributed by atoms with van der Waals surface area (Å²) in [6, 6.07) is 9.19. The van der Waals surface area contributed by atoms with Crippen molar-refractivity contribution in [3.8, 4) is 11.4 Å². The lowest BCUT2D eigenvalue weighted by molar-refractivity contribution is 1.05. The van der Waals surface area contributed by atoms with Crippen LogP contribution in [0, 0.1) is 0 Å². The van der Waals surface area contributed by atoms with E-state index in [4.69, 9.17) is 11.6 Å². The molecule has 3 heterocycles. The fourth-order valence-corrected chi connectivity index (χ4v) is 3.05. The Bertz CT molecular complexity index is 825. The maximum absolute atomic E-state index is 11.6. The van der Waals surface area contributed by atoms with E-state index in [1.54, 1.807) is 6.07 Å². The molecule has 0 atom stereocenters. The van der Waals surface area contributed by atoms with E-state index in [2.05, 4.69) is 36.4 Å². The molecule has 8 heteroatoms. The van der Waals surface area contributed by atoms with Crippen molar-refractivity contribution in [1.29, 1.82) is 0 Å². The first-order valence-corrected chi connectivity index (χ1v) is 8.03. The molecule has 0 saturated carbocycles. The van der Waals surface area contributed by atoms with E-state index in [1.807, 2.05) is 24.3 Å². The van der Waals surface area contributed by atoms with Crippen molar-refractivity contribution in [2.75, 3.05) is 5.32 Å². The highest BCUT2D eigenvalue weighted by Gasteiger charge is 2.06. The summed E-state index contributed by atoms with van der Waals surface area (Å²) in [5.74, 6) is 0.707. The highest BCUT2D eigenvalue weighted by Crippen LogP contribution is 2.23. The second kappa shape index (κ2) is 6.05. The Balaban J connectivity index is 1.73. The Morgan fingerprint density at radius 2 is 2.14 bits per heavy atom. The number of nitrogens with one attached hydrogen (secondary N) is 3. The van der Waals surface area contributed by atoms with Gasteiger partial charge in [0.15, 0.2) is 0 Å². The zero-order chi connectivity index (χ0) is 14.8. The summed E-state index contributed by atoms with van der Waals surface area (Å²) < 4.78 is 1.26. The predicted molar refractivity (Wildman–Crippen MR) is 89.0 cm³/mol. The van der Waals surface area contributed by atoms with E-state index in [0.29, 0.717) is 22.5 Å². The number of rotatable bonds is 4. The van der Waals surface area contributed by atoms with Crippen molar-refractivity contribution >= 4 is 44.7 Å². The smallest absolute Gasteiger partial charge is 0.262 e. The molecule has 0 spiro atoms. The van der Waals surface area contributed by atoms with Gasteiger partial charge in [0.25, 0.3) is 5.56 Å². The second-order valence-corrected chi connectivity index (χ2v) is 6.93. The van der Waals surface area contributed by atoms with Crippen molar-refractivity contribution < 1.29 is 0 Å². The number of aromatic nitrogens is 3. The third kappa shape index (κ3) is 3.37. The number of halogens is 2. The van der Waals surface area contributed by atoms with Gasteiger partial charge < -0.3 is 10.3 Å². The van der Waals surface area contributed by atoms with Crippen LogP contribution in [0.3, 0.4) is 0 Å². The van der Waals surface area contributed by atoms with E-state index in [-0.39, 0.29) is 5.56 Å². The van der Waals surface area contributed by atoms with Gasteiger partial charge >= 0.3 is 0 Å². The number of hydrogen-bond donors (Lipinski definition) is 3. The Labute approximate surface area is 137 Å². The van der Waals surface area contributed by atoms with Gasteiger partial charge in [0.2, 0.25) is 0 Å². The Morgan fingerprint density at radius 1 is 1.29 bits per heavy atom. The molecule has 0 unspecified atom stereocenters. The minimum atomic E-state index is -0.176. The maximum Gasteiger partial charge on any atom is 0.262 e. The third-order valence-corrected chi connectivity index (χ3v) is 4.66. The van der Waals surface area contributed by atoms with Gasteiger partial charge in [-0.2, -0.15) is 5.10 Å². The molecule has 0 radical (unpaired) electrons. The van der Waals surface area contributed by atoms with E-state index < -0.39 is 0 Å². The van der Waals surface area contributed by atoms with Crippen molar-refractivity contribution in [3.05, 3.63) is 54.4 Å². The molecule has 0 saturated heterocycles. The highest BCUT2D eigenvalue weighted by molar-refractivity contribution is 9.10. The Kier molecular flexibility index (Phi) is 4.14. The molecule has 3 aromatic heterocycles. The number of pyridine rings is 1. The number of nitrogens with zero attached hydrogens (tertiary/aromatic N) is 1. The summed E-state index contributed by atoms with van der Waals surface area (Å²) in [7, 11) is 0. The lowest BCUT2D eigenvalue weighted by Gasteiger charge is -1.99. The van der Waals surface area contributed by atoms with Crippen LogP contribution in [-0.2, 0) is 6.54 Å². The van der Waals surface area contributed by atoms with Gasteiger partial charge in [-0.05, 0) is 40.2 Å². The van der Waals surface area contributed by atoms with Crippen molar-refractivity contribution in [3.63, 3.8) is 0 Å². The summed E-state index contributed by atoms with van der Waals surface area (Å²) in [5.41, 5.74) is 1.25. The third-order valence-electron chi connectivity index (χ3n) is 2.80. The highest BCUT2D eigenvalue weighted by atomic mass is 79.9. The fraction of sp³-hybridized carbons (Fsp3) is 0.0769. The molecule has 0 aliphatic heterocycles. The molecule has 0 amide bonds. The van der Waals surface area contributed by atoms with E-state index in [1.165, 1.54) is 11.3 Å². The average Bonchev–Trinajstić information content (AvgIpc) is 3.08. The molecular formula is C13H10BrClN4OS. The molecule has 3 rings (SSSR count). The van der Waals surface area contributed by atoms with E-state index in [9.17, 15) is 4.79 Å². The van der Waals surface area contributed by atoms with Crippen molar-refractivity contribution in [2.45, 2.75) is 6.54 Å². The molecule has 0 fully saturated rings. The minimum absolute atomic E-state index is 0.176. The summed E-state index contributed by atoms with van der Waals surface area (Å²) >= 11 is 10.6. The van der Waals surface area contributed by atoms with Gasteiger partial charge in [-0.1, -0.05) is 11.6 Å². The molecule has 3 aromatic rings. The topological polar surface area (TPSA) is 73.6 Å². The first-order chi connectivity index (χ1) is 10.1.